The van der Waals surface area contributed by atoms with Crippen LogP contribution in [0, 0.1) is 6.92 Å². The average molecular weight is 177 g/mol. The van der Waals surface area contributed by atoms with Gasteiger partial charge >= 0.3 is 0 Å². The van der Waals surface area contributed by atoms with E-state index in [-0.39, 0.29) is 0 Å². The Labute approximate surface area is 74.1 Å². The van der Waals surface area contributed by atoms with Crippen molar-refractivity contribution in [2.24, 2.45) is 0 Å². The van der Waals surface area contributed by atoms with E-state index in [1.807, 2.05) is 24.4 Å². The Hall–Kier alpha value is -1.29. The summed E-state index contributed by atoms with van der Waals surface area (Å²) in [6.07, 6.45) is 1.77. The molecule has 0 aliphatic heterocycles. The van der Waals surface area contributed by atoms with E-state index >= 15 is 0 Å². The minimum Gasteiger partial charge on any atom is -0.243 e. The van der Waals surface area contributed by atoms with Crippen LogP contribution in [-0.2, 0) is 0 Å². The number of aryl methyl sites for hydroxylation is 1. The molecule has 0 aliphatic rings. The highest BCUT2D eigenvalue weighted by molar-refractivity contribution is 7.13. The predicted octanol–water partition coefficient (Wildman–Crippen LogP) is 1.91. The predicted molar refractivity (Wildman–Crippen MR) is 47.9 cm³/mol. The fourth-order valence-electron chi connectivity index (χ4n) is 0.863. The highest BCUT2D eigenvalue weighted by atomic mass is 32.1. The van der Waals surface area contributed by atoms with E-state index in [9.17, 15) is 0 Å². The maximum atomic E-state index is 4.13. The molecule has 3 nitrogen and oxygen atoms in total. The number of hydrogen-bond acceptors (Lipinski definition) is 4. The lowest BCUT2D eigenvalue weighted by Crippen LogP contribution is -1.88. The zero-order valence-electron chi connectivity index (χ0n) is 6.56. The van der Waals surface area contributed by atoms with Gasteiger partial charge in [-0.05, 0) is 19.1 Å². The summed E-state index contributed by atoms with van der Waals surface area (Å²) in [5.74, 6) is 0. The maximum Gasteiger partial charge on any atom is 0.143 e. The van der Waals surface area contributed by atoms with Gasteiger partial charge < -0.3 is 0 Å². The normalized spacial score (nSPS) is 10.1. The summed E-state index contributed by atoms with van der Waals surface area (Å²) in [7, 11) is 0. The van der Waals surface area contributed by atoms with Gasteiger partial charge in [0.25, 0.3) is 0 Å². The number of nitrogens with zero attached hydrogens (tertiary/aromatic N) is 3. The van der Waals surface area contributed by atoms with Crippen LogP contribution < -0.4 is 0 Å². The molecule has 2 heterocycles. The van der Waals surface area contributed by atoms with Crippen LogP contribution >= 0.6 is 11.3 Å². The number of hydrogen-bond donors (Lipinski definition) is 0. The van der Waals surface area contributed by atoms with E-state index in [4.69, 9.17) is 0 Å². The Morgan fingerprint density at radius 1 is 1.25 bits per heavy atom. The van der Waals surface area contributed by atoms with Crippen molar-refractivity contribution < 1.29 is 0 Å². The van der Waals surface area contributed by atoms with E-state index in [1.54, 1.807) is 17.5 Å². The highest BCUT2D eigenvalue weighted by Crippen LogP contribution is 2.17. The fourth-order valence-corrected chi connectivity index (χ4v) is 1.46. The summed E-state index contributed by atoms with van der Waals surface area (Å²) in [5, 5.41) is 10.8. The van der Waals surface area contributed by atoms with Gasteiger partial charge in [0.15, 0.2) is 0 Å². The summed E-state index contributed by atoms with van der Waals surface area (Å²) in [4.78, 5) is 4.13. The molecule has 2 rings (SSSR count). The molecule has 60 valence electrons. The lowest BCUT2D eigenvalue weighted by Gasteiger charge is -1.93. The van der Waals surface area contributed by atoms with E-state index in [0.29, 0.717) is 0 Å². The van der Waals surface area contributed by atoms with Gasteiger partial charge in [-0.3, -0.25) is 0 Å². The first-order valence-corrected chi connectivity index (χ1v) is 4.44. The van der Waals surface area contributed by atoms with Crippen molar-refractivity contribution in [3.8, 4) is 10.7 Å². The van der Waals surface area contributed by atoms with Gasteiger partial charge in [-0.2, -0.15) is 5.10 Å². The van der Waals surface area contributed by atoms with E-state index < -0.39 is 0 Å². The number of rotatable bonds is 1. The van der Waals surface area contributed by atoms with Crippen LogP contribution in [0.4, 0.5) is 0 Å². The summed E-state index contributed by atoms with van der Waals surface area (Å²) < 4.78 is 0. The van der Waals surface area contributed by atoms with E-state index in [1.165, 1.54) is 0 Å². The van der Waals surface area contributed by atoms with Crippen molar-refractivity contribution in [2.75, 3.05) is 0 Å². The zero-order valence-corrected chi connectivity index (χ0v) is 7.38. The van der Waals surface area contributed by atoms with Crippen LogP contribution in [-0.4, -0.2) is 15.2 Å². The smallest absolute Gasteiger partial charge is 0.143 e. The van der Waals surface area contributed by atoms with Gasteiger partial charge in [0.05, 0.1) is 5.69 Å². The monoisotopic (exact) mass is 177 g/mol. The molecular formula is C8H7N3S. The maximum absolute atomic E-state index is 4.13. The molecule has 0 saturated carbocycles. The lowest BCUT2D eigenvalue weighted by molar-refractivity contribution is 0.985. The molecule has 0 saturated heterocycles. The second-order valence-electron chi connectivity index (χ2n) is 2.40. The van der Waals surface area contributed by atoms with Crippen LogP contribution in [0.5, 0.6) is 0 Å². The molecule has 0 unspecified atom stereocenters. The quantitative estimate of drug-likeness (QED) is 0.667. The Bertz CT molecular complexity index is 352. The van der Waals surface area contributed by atoms with Gasteiger partial charge in [-0.15, -0.1) is 16.4 Å². The largest absolute Gasteiger partial charge is 0.243 e. The molecule has 0 N–H and O–H groups in total. The zero-order chi connectivity index (χ0) is 8.39. The van der Waals surface area contributed by atoms with Crippen molar-refractivity contribution in [2.45, 2.75) is 6.92 Å². The van der Waals surface area contributed by atoms with Crippen LogP contribution in [0.3, 0.4) is 0 Å². The van der Waals surface area contributed by atoms with Crippen molar-refractivity contribution in [1.82, 2.24) is 15.2 Å². The molecule has 0 fully saturated rings. The molecule has 0 aliphatic carbocycles. The second-order valence-corrected chi connectivity index (χ2v) is 3.29. The molecule has 0 bridgehead atoms. The Morgan fingerprint density at radius 2 is 2.17 bits per heavy atom. The van der Waals surface area contributed by atoms with Crippen molar-refractivity contribution in [3.63, 3.8) is 0 Å². The molecule has 0 aromatic carbocycles. The van der Waals surface area contributed by atoms with Crippen LogP contribution in [0.25, 0.3) is 10.7 Å². The van der Waals surface area contributed by atoms with Crippen LogP contribution in [0.2, 0.25) is 0 Å². The fraction of sp³-hybridized carbons (Fsp3) is 0.125. The first-order valence-electron chi connectivity index (χ1n) is 3.56. The minimum absolute atomic E-state index is 0.843. The second kappa shape index (κ2) is 2.98. The molecule has 2 aromatic rings. The van der Waals surface area contributed by atoms with Gasteiger partial charge in [-0.25, -0.2) is 4.98 Å². The van der Waals surface area contributed by atoms with Gasteiger partial charge in [-0.1, -0.05) is 0 Å². The van der Waals surface area contributed by atoms with Crippen molar-refractivity contribution in [3.05, 3.63) is 29.4 Å². The third-order valence-corrected chi connectivity index (χ3v) is 2.24. The van der Waals surface area contributed by atoms with Gasteiger partial charge in [0, 0.05) is 11.6 Å². The number of aromatic nitrogens is 3. The van der Waals surface area contributed by atoms with Crippen molar-refractivity contribution in [1.29, 1.82) is 0 Å². The summed E-state index contributed by atoms with van der Waals surface area (Å²) in [6.45, 7) is 1.92. The Kier molecular flexibility index (Phi) is 1.83. The third-order valence-electron chi connectivity index (χ3n) is 1.45. The molecular weight excluding hydrogens is 170 g/mol. The number of thiazole rings is 1. The van der Waals surface area contributed by atoms with Gasteiger partial charge in [0.1, 0.15) is 10.7 Å². The third kappa shape index (κ3) is 1.33. The molecule has 0 radical (unpaired) electrons. The van der Waals surface area contributed by atoms with E-state index in [2.05, 4.69) is 15.2 Å². The molecule has 0 spiro atoms. The Balaban J connectivity index is 2.43. The van der Waals surface area contributed by atoms with Crippen LogP contribution in [0.1, 0.15) is 5.69 Å². The summed E-state index contributed by atoms with van der Waals surface area (Å²) >= 11 is 1.57. The van der Waals surface area contributed by atoms with Gasteiger partial charge in [0.2, 0.25) is 0 Å². The summed E-state index contributed by atoms with van der Waals surface area (Å²) in [6, 6.07) is 3.87. The minimum atomic E-state index is 0.843. The highest BCUT2D eigenvalue weighted by Gasteiger charge is 2.00. The SMILES string of the molecule is Cc1ccc(-c2nccs2)nn1. The van der Waals surface area contributed by atoms with Crippen molar-refractivity contribution >= 4 is 11.3 Å². The van der Waals surface area contributed by atoms with Crippen LogP contribution in [0.15, 0.2) is 23.7 Å². The standard InChI is InChI=1S/C8H7N3S/c1-6-2-3-7(11-10-6)8-9-4-5-12-8/h2-5H,1H3. The molecule has 12 heavy (non-hydrogen) atoms. The first-order chi connectivity index (χ1) is 5.86. The summed E-state index contributed by atoms with van der Waals surface area (Å²) in [5.41, 5.74) is 1.77. The first kappa shape index (κ1) is 7.36. The average Bonchev–Trinajstić information content (AvgIpc) is 2.58. The van der Waals surface area contributed by atoms with E-state index in [0.717, 1.165) is 16.4 Å². The molecule has 2 aromatic heterocycles. The molecule has 4 heteroatoms. The topological polar surface area (TPSA) is 38.7 Å². The molecule has 0 atom stereocenters. The lowest BCUT2D eigenvalue weighted by atomic mass is 10.3. The molecule has 0 amide bonds. The Morgan fingerprint density at radius 3 is 2.75 bits per heavy atom.